The van der Waals surface area contributed by atoms with E-state index in [1.165, 1.54) is 28.8 Å². The van der Waals surface area contributed by atoms with Crippen molar-refractivity contribution in [3.8, 4) is 11.5 Å². The van der Waals surface area contributed by atoms with E-state index in [0.29, 0.717) is 18.1 Å². The molecule has 1 N–H and O–H groups in total. The number of hydrogen-bond donors (Lipinski definition) is 1. The number of nitrogens with one attached hydrogen (secondary N) is 1. The number of carbonyl (C=O) groups is 2. The van der Waals surface area contributed by atoms with E-state index in [-0.39, 0.29) is 29.5 Å². The van der Waals surface area contributed by atoms with Crippen LogP contribution in [0.4, 0.5) is 5.69 Å². The van der Waals surface area contributed by atoms with Gasteiger partial charge in [0.1, 0.15) is 24.1 Å². The van der Waals surface area contributed by atoms with Crippen LogP contribution in [0.3, 0.4) is 0 Å². The number of rotatable bonds is 15. The molecule has 0 fully saturated rings. The van der Waals surface area contributed by atoms with E-state index in [2.05, 4.69) is 5.32 Å². The van der Waals surface area contributed by atoms with Crippen molar-refractivity contribution in [3.63, 3.8) is 0 Å². The molecule has 0 aromatic heterocycles. The molecule has 11 heteroatoms. The lowest BCUT2D eigenvalue weighted by Gasteiger charge is -2.35. The zero-order valence-electron chi connectivity index (χ0n) is 28.9. The van der Waals surface area contributed by atoms with E-state index < -0.39 is 34.1 Å². The van der Waals surface area contributed by atoms with Crippen molar-refractivity contribution in [1.29, 1.82) is 0 Å². The van der Waals surface area contributed by atoms with Gasteiger partial charge >= 0.3 is 0 Å². The molecule has 1 atom stereocenters. The molecule has 0 aliphatic rings. The minimum Gasteiger partial charge on any atom is -0.497 e. The van der Waals surface area contributed by atoms with Gasteiger partial charge in [0.15, 0.2) is 0 Å². The van der Waals surface area contributed by atoms with Crippen molar-refractivity contribution < 1.29 is 27.5 Å². The molecule has 1 unspecified atom stereocenters. The number of carbonyl (C=O) groups excluding carboxylic acids is 2. The van der Waals surface area contributed by atoms with Crippen LogP contribution in [-0.2, 0) is 32.6 Å². The normalized spacial score (nSPS) is 12.1. The van der Waals surface area contributed by atoms with Gasteiger partial charge in [0.05, 0.1) is 24.3 Å². The van der Waals surface area contributed by atoms with E-state index in [4.69, 9.17) is 9.47 Å². The molecule has 0 saturated heterocycles. The monoisotopic (exact) mass is 703 g/mol. The summed E-state index contributed by atoms with van der Waals surface area (Å²) in [6.07, 6.45) is 2.12. The van der Waals surface area contributed by atoms with E-state index in [1.807, 2.05) is 76.4 Å². The molecular weight excluding hydrogens is 659 g/mol. The van der Waals surface area contributed by atoms with E-state index in [1.54, 1.807) is 55.6 Å². The molecule has 0 radical (unpaired) electrons. The number of amides is 2. The molecule has 4 aromatic rings. The summed E-state index contributed by atoms with van der Waals surface area (Å²) in [4.78, 5) is 31.2. The van der Waals surface area contributed by atoms with E-state index in [9.17, 15) is 18.0 Å². The summed E-state index contributed by atoms with van der Waals surface area (Å²) >= 11 is 1.50. The third-order valence-corrected chi connectivity index (χ3v) is 10.2. The van der Waals surface area contributed by atoms with Gasteiger partial charge in [-0.25, -0.2) is 8.42 Å². The number of hydrogen-bond acceptors (Lipinski definition) is 7. The molecule has 0 aliphatic carbocycles. The third-order valence-electron chi connectivity index (χ3n) is 7.62. The fourth-order valence-electron chi connectivity index (χ4n) is 5.25. The number of thioether (sulfide) groups is 1. The first-order valence-corrected chi connectivity index (χ1v) is 18.7. The molecule has 0 heterocycles. The van der Waals surface area contributed by atoms with Crippen molar-refractivity contribution in [2.24, 2.45) is 0 Å². The van der Waals surface area contributed by atoms with Gasteiger partial charge in [-0.05, 0) is 106 Å². The van der Waals surface area contributed by atoms with Crippen LogP contribution >= 0.6 is 11.8 Å². The highest BCUT2D eigenvalue weighted by atomic mass is 32.2. The van der Waals surface area contributed by atoms with Crippen LogP contribution in [0.25, 0.3) is 0 Å². The lowest BCUT2D eigenvalue weighted by atomic mass is 10.0. The van der Waals surface area contributed by atoms with Gasteiger partial charge in [-0.1, -0.05) is 42.5 Å². The van der Waals surface area contributed by atoms with Crippen LogP contribution in [0.2, 0.25) is 0 Å². The Morgan fingerprint density at radius 3 is 2.10 bits per heavy atom. The molecule has 0 saturated carbocycles. The second-order valence-electron chi connectivity index (χ2n) is 12.4. The first-order valence-electron chi connectivity index (χ1n) is 16.0. The van der Waals surface area contributed by atoms with Gasteiger partial charge in [-0.15, -0.1) is 11.8 Å². The Morgan fingerprint density at radius 1 is 0.857 bits per heavy atom. The minimum absolute atomic E-state index is 0.0324. The number of anilines is 1. The highest BCUT2D eigenvalue weighted by Gasteiger charge is 2.35. The number of methoxy groups -OCH3 is 1. The molecular formula is C38H45N3O6S2. The Hall–Kier alpha value is -4.48. The molecule has 4 rings (SSSR count). The average Bonchev–Trinajstić information content (AvgIpc) is 3.09. The van der Waals surface area contributed by atoms with Gasteiger partial charge in [-0.2, -0.15) is 0 Å². The van der Waals surface area contributed by atoms with Crippen LogP contribution < -0.4 is 19.1 Å². The van der Waals surface area contributed by atoms with Crippen molar-refractivity contribution in [2.75, 3.05) is 30.8 Å². The van der Waals surface area contributed by atoms with Gasteiger partial charge in [0, 0.05) is 23.4 Å². The van der Waals surface area contributed by atoms with Crippen LogP contribution in [0.1, 0.15) is 38.8 Å². The quantitative estimate of drug-likeness (QED) is 0.140. The molecule has 0 bridgehead atoms. The van der Waals surface area contributed by atoms with Gasteiger partial charge < -0.3 is 19.7 Å². The Morgan fingerprint density at radius 2 is 1.51 bits per heavy atom. The standard InChI is InChI=1S/C38H45N3O6S2/c1-7-47-31-18-16-30(17-19-31)41(49(44,45)34-22-20-33(48-6)21-23-34)27-36(42)40(26-29-14-11-15-32(24-29)46-5)35(37(43)39-38(2,3)4)25-28-12-9-8-10-13-28/h8-24,35H,7,25-27H2,1-6H3,(H,39,43). The maximum atomic E-state index is 14.7. The Balaban J connectivity index is 1.83. The molecule has 260 valence electrons. The smallest absolute Gasteiger partial charge is 0.264 e. The highest BCUT2D eigenvalue weighted by Crippen LogP contribution is 2.28. The molecule has 0 aliphatic heterocycles. The number of ether oxygens (including phenoxy) is 2. The molecule has 9 nitrogen and oxygen atoms in total. The zero-order chi connectivity index (χ0) is 35.6. The van der Waals surface area contributed by atoms with Crippen LogP contribution in [0.15, 0.2) is 113 Å². The van der Waals surface area contributed by atoms with Gasteiger partial charge in [0.25, 0.3) is 10.0 Å². The van der Waals surface area contributed by atoms with Gasteiger partial charge in [0.2, 0.25) is 11.8 Å². The SMILES string of the molecule is CCOc1ccc(N(CC(=O)N(Cc2cccc(OC)c2)C(Cc2ccccc2)C(=O)NC(C)(C)C)S(=O)(=O)c2ccc(SC)cc2)cc1. The maximum absolute atomic E-state index is 14.7. The van der Waals surface area contributed by atoms with Crippen molar-refractivity contribution >= 4 is 39.3 Å². The number of benzene rings is 4. The Labute approximate surface area is 294 Å². The van der Waals surface area contributed by atoms with Crippen molar-refractivity contribution in [2.45, 2.75) is 62.0 Å². The molecule has 2 amide bonds. The molecule has 49 heavy (non-hydrogen) atoms. The summed E-state index contributed by atoms with van der Waals surface area (Å²) in [7, 11) is -2.68. The minimum atomic E-state index is -4.23. The summed E-state index contributed by atoms with van der Waals surface area (Å²) in [6, 6.07) is 28.9. The van der Waals surface area contributed by atoms with Crippen LogP contribution in [0.5, 0.6) is 11.5 Å². The molecule has 4 aromatic carbocycles. The second-order valence-corrected chi connectivity index (χ2v) is 15.2. The van der Waals surface area contributed by atoms with Gasteiger partial charge in [-0.3, -0.25) is 13.9 Å². The highest BCUT2D eigenvalue weighted by molar-refractivity contribution is 7.98. The summed E-state index contributed by atoms with van der Waals surface area (Å²) in [5, 5.41) is 3.05. The lowest BCUT2D eigenvalue weighted by molar-refractivity contribution is -0.140. The van der Waals surface area contributed by atoms with Crippen molar-refractivity contribution in [3.05, 3.63) is 114 Å². The predicted octanol–water partition coefficient (Wildman–Crippen LogP) is 6.57. The van der Waals surface area contributed by atoms with Crippen LogP contribution in [-0.4, -0.2) is 63.2 Å². The summed E-state index contributed by atoms with van der Waals surface area (Å²) < 4.78 is 40.8. The number of nitrogens with zero attached hydrogens (tertiary/aromatic N) is 2. The number of sulfonamides is 1. The Kier molecular flexibility index (Phi) is 12.8. The topological polar surface area (TPSA) is 105 Å². The summed E-state index contributed by atoms with van der Waals surface area (Å²) in [6.45, 7) is 7.41. The zero-order valence-corrected chi connectivity index (χ0v) is 30.5. The fourth-order valence-corrected chi connectivity index (χ4v) is 7.08. The van der Waals surface area contributed by atoms with Crippen molar-refractivity contribution in [1.82, 2.24) is 10.2 Å². The van der Waals surface area contributed by atoms with E-state index in [0.717, 1.165) is 20.3 Å². The summed E-state index contributed by atoms with van der Waals surface area (Å²) in [5.41, 5.74) is 1.27. The first kappa shape index (κ1) is 37.3. The predicted molar refractivity (Wildman–Crippen MR) is 196 cm³/mol. The largest absolute Gasteiger partial charge is 0.497 e. The fraction of sp³-hybridized carbons (Fsp3) is 0.316. The second kappa shape index (κ2) is 16.8. The maximum Gasteiger partial charge on any atom is 0.264 e. The average molecular weight is 704 g/mol. The molecule has 0 spiro atoms. The lowest BCUT2D eigenvalue weighted by Crippen LogP contribution is -2.56. The van der Waals surface area contributed by atoms with Crippen LogP contribution in [0, 0.1) is 0 Å². The third kappa shape index (κ3) is 10.3. The summed E-state index contributed by atoms with van der Waals surface area (Å²) in [5.74, 6) is 0.262. The Bertz CT molecular complexity index is 1790. The first-order chi connectivity index (χ1) is 23.3. The van der Waals surface area contributed by atoms with E-state index >= 15 is 0 Å².